The second-order valence-corrected chi connectivity index (χ2v) is 4.52. The molecule has 1 rings (SSSR count). The molecule has 0 amide bonds. The maximum atomic E-state index is 10.7. The predicted molar refractivity (Wildman–Crippen MR) is 69.8 cm³/mol. The first kappa shape index (κ1) is 13.3. The van der Waals surface area contributed by atoms with E-state index in [1.165, 1.54) is 6.92 Å². The van der Waals surface area contributed by atoms with Crippen LogP contribution in [-0.2, 0) is 4.79 Å². The van der Waals surface area contributed by atoms with Gasteiger partial charge in [0.15, 0.2) is 6.10 Å². The Kier molecular flexibility index (Phi) is 5.02. The topological polar surface area (TPSA) is 46.5 Å². The van der Waals surface area contributed by atoms with E-state index in [1.54, 1.807) is 23.2 Å². The average Bonchev–Trinajstić information content (AvgIpc) is 2.22. The monoisotopic (exact) mass is 348 g/mol. The van der Waals surface area contributed by atoms with Crippen molar-refractivity contribution in [2.45, 2.75) is 13.0 Å². The van der Waals surface area contributed by atoms with Crippen LogP contribution in [0.3, 0.4) is 0 Å². The highest BCUT2D eigenvalue weighted by Gasteiger charge is 2.14. The van der Waals surface area contributed by atoms with Gasteiger partial charge in [0.05, 0.1) is 0 Å². The van der Waals surface area contributed by atoms with E-state index in [9.17, 15) is 4.79 Å². The molecule has 0 radical (unpaired) electrons. The summed E-state index contributed by atoms with van der Waals surface area (Å²) in [6.45, 7) is 1.49. The number of carbonyl (C=O) groups is 1. The minimum Gasteiger partial charge on any atom is -0.479 e. The first-order chi connectivity index (χ1) is 7.54. The lowest BCUT2D eigenvalue weighted by atomic mass is 10.2. The largest absolute Gasteiger partial charge is 0.479 e. The molecule has 0 heterocycles. The summed E-state index contributed by atoms with van der Waals surface area (Å²) in [6.07, 6.45) is 0.915. The van der Waals surface area contributed by atoms with Gasteiger partial charge in [-0.2, -0.15) is 0 Å². The normalized spacial score (nSPS) is 12.7. The molecule has 0 aliphatic rings. The van der Waals surface area contributed by atoms with Crippen molar-refractivity contribution in [1.82, 2.24) is 0 Å². The van der Waals surface area contributed by atoms with Gasteiger partial charge in [-0.1, -0.05) is 31.9 Å². The lowest BCUT2D eigenvalue weighted by molar-refractivity contribution is -0.144. The van der Waals surface area contributed by atoms with Crippen LogP contribution in [0.1, 0.15) is 12.5 Å². The molecule has 1 unspecified atom stereocenters. The molecule has 5 heteroatoms. The standard InChI is InChI=1S/C11H10Br2O3/c1-7(11(14)15)16-10-3-2-9(13)6-8(10)4-5-12/h2-7H,1H3,(H,14,15)/b5-4+. The zero-order chi connectivity index (χ0) is 12.1. The summed E-state index contributed by atoms with van der Waals surface area (Å²) in [5.41, 5.74) is 0.805. The van der Waals surface area contributed by atoms with Crippen molar-refractivity contribution < 1.29 is 14.6 Å². The van der Waals surface area contributed by atoms with Gasteiger partial charge in [0.1, 0.15) is 5.75 Å². The lowest BCUT2D eigenvalue weighted by Gasteiger charge is -2.12. The van der Waals surface area contributed by atoms with Crippen molar-refractivity contribution in [2.75, 3.05) is 0 Å². The summed E-state index contributed by atoms with van der Waals surface area (Å²) in [6, 6.07) is 5.38. The van der Waals surface area contributed by atoms with Crippen molar-refractivity contribution in [3.63, 3.8) is 0 Å². The maximum absolute atomic E-state index is 10.7. The fourth-order valence-corrected chi connectivity index (χ4v) is 1.73. The summed E-state index contributed by atoms with van der Waals surface area (Å²) in [7, 11) is 0. The van der Waals surface area contributed by atoms with Gasteiger partial charge in [0.2, 0.25) is 0 Å². The molecule has 86 valence electrons. The third-order valence-corrected chi connectivity index (χ3v) is 2.62. The third-order valence-electron chi connectivity index (χ3n) is 1.87. The SMILES string of the molecule is CC(Oc1ccc(Br)cc1/C=C/Br)C(=O)O. The smallest absolute Gasteiger partial charge is 0.344 e. The Hall–Kier alpha value is -0.810. The van der Waals surface area contributed by atoms with E-state index in [0.29, 0.717) is 5.75 Å². The van der Waals surface area contributed by atoms with Crippen molar-refractivity contribution in [3.8, 4) is 5.75 Å². The fourth-order valence-electron chi connectivity index (χ4n) is 1.07. The maximum Gasteiger partial charge on any atom is 0.344 e. The van der Waals surface area contributed by atoms with Gasteiger partial charge in [-0.3, -0.25) is 0 Å². The van der Waals surface area contributed by atoms with Gasteiger partial charge in [-0.05, 0) is 36.2 Å². The van der Waals surface area contributed by atoms with Crippen LogP contribution in [0.25, 0.3) is 6.08 Å². The van der Waals surface area contributed by atoms with Crippen molar-refractivity contribution in [1.29, 1.82) is 0 Å². The number of carboxylic acids is 1. The van der Waals surface area contributed by atoms with Crippen LogP contribution >= 0.6 is 31.9 Å². The van der Waals surface area contributed by atoms with E-state index in [2.05, 4.69) is 31.9 Å². The average molecular weight is 350 g/mol. The number of carboxylic acid groups (broad SMARTS) is 1. The highest BCUT2D eigenvalue weighted by Crippen LogP contribution is 2.25. The minimum absolute atomic E-state index is 0.536. The first-order valence-electron chi connectivity index (χ1n) is 4.50. The highest BCUT2D eigenvalue weighted by atomic mass is 79.9. The molecule has 1 aromatic rings. The summed E-state index contributed by atoms with van der Waals surface area (Å²) in [5.74, 6) is -0.453. The highest BCUT2D eigenvalue weighted by molar-refractivity contribution is 9.11. The van der Waals surface area contributed by atoms with Crippen LogP contribution in [0.15, 0.2) is 27.7 Å². The van der Waals surface area contributed by atoms with Crippen LogP contribution in [0.4, 0.5) is 0 Å². The summed E-state index contributed by atoms with van der Waals surface area (Å²) in [5, 5.41) is 8.76. The molecule has 1 atom stereocenters. The van der Waals surface area contributed by atoms with Crippen LogP contribution in [-0.4, -0.2) is 17.2 Å². The van der Waals surface area contributed by atoms with Gasteiger partial charge in [0.25, 0.3) is 0 Å². The first-order valence-corrected chi connectivity index (χ1v) is 6.21. The third kappa shape index (κ3) is 3.64. The molecule has 0 spiro atoms. The van der Waals surface area contributed by atoms with Crippen LogP contribution in [0.5, 0.6) is 5.75 Å². The Morgan fingerprint density at radius 1 is 1.56 bits per heavy atom. The quantitative estimate of drug-likeness (QED) is 0.902. The fraction of sp³-hybridized carbons (Fsp3) is 0.182. The summed E-state index contributed by atoms with van der Waals surface area (Å²) in [4.78, 5) is 12.4. The predicted octanol–water partition coefficient (Wildman–Crippen LogP) is 3.67. The molecule has 0 fully saturated rings. The van der Waals surface area contributed by atoms with E-state index in [0.717, 1.165) is 10.0 Å². The molecule has 1 aromatic carbocycles. The molecule has 0 aliphatic carbocycles. The lowest BCUT2D eigenvalue weighted by Crippen LogP contribution is -2.23. The Morgan fingerprint density at radius 3 is 2.81 bits per heavy atom. The van der Waals surface area contributed by atoms with Gasteiger partial charge >= 0.3 is 5.97 Å². The molecular weight excluding hydrogens is 340 g/mol. The van der Waals surface area contributed by atoms with Gasteiger partial charge in [-0.25, -0.2) is 4.79 Å². The van der Waals surface area contributed by atoms with Gasteiger partial charge in [0, 0.05) is 10.0 Å². The van der Waals surface area contributed by atoms with Gasteiger partial charge < -0.3 is 9.84 Å². The summed E-state index contributed by atoms with van der Waals surface area (Å²) >= 11 is 6.51. The van der Waals surface area contributed by atoms with Crippen molar-refractivity contribution >= 4 is 43.9 Å². The van der Waals surface area contributed by atoms with Crippen molar-refractivity contribution in [3.05, 3.63) is 33.2 Å². The Labute approximate surface area is 110 Å². The van der Waals surface area contributed by atoms with Crippen LogP contribution in [0, 0.1) is 0 Å². The number of benzene rings is 1. The van der Waals surface area contributed by atoms with E-state index < -0.39 is 12.1 Å². The number of rotatable bonds is 4. The number of halogens is 2. The second kappa shape index (κ2) is 6.06. The minimum atomic E-state index is -0.989. The molecule has 0 aliphatic heterocycles. The van der Waals surface area contributed by atoms with E-state index in [4.69, 9.17) is 9.84 Å². The molecule has 0 aromatic heterocycles. The molecule has 16 heavy (non-hydrogen) atoms. The van der Waals surface area contributed by atoms with Crippen LogP contribution < -0.4 is 4.74 Å². The molecular formula is C11H10Br2O3. The molecule has 0 saturated heterocycles. The number of aliphatic carboxylic acids is 1. The van der Waals surface area contributed by atoms with Crippen LogP contribution in [0.2, 0.25) is 0 Å². The van der Waals surface area contributed by atoms with E-state index in [-0.39, 0.29) is 0 Å². The number of ether oxygens (including phenoxy) is 1. The second-order valence-electron chi connectivity index (χ2n) is 3.07. The molecule has 0 bridgehead atoms. The van der Waals surface area contributed by atoms with Gasteiger partial charge in [-0.15, -0.1) is 0 Å². The zero-order valence-corrected chi connectivity index (χ0v) is 11.7. The molecule has 0 saturated carbocycles. The Morgan fingerprint density at radius 2 is 2.25 bits per heavy atom. The summed E-state index contributed by atoms with van der Waals surface area (Å²) < 4.78 is 6.23. The van der Waals surface area contributed by atoms with Crippen molar-refractivity contribution in [2.24, 2.45) is 0 Å². The molecule has 1 N–H and O–H groups in total. The Bertz CT molecular complexity index is 416. The number of hydrogen-bond acceptors (Lipinski definition) is 2. The number of hydrogen-bond donors (Lipinski definition) is 1. The molecule has 3 nitrogen and oxygen atoms in total. The zero-order valence-electron chi connectivity index (χ0n) is 8.48. The van der Waals surface area contributed by atoms with E-state index in [1.807, 2.05) is 6.07 Å². The van der Waals surface area contributed by atoms with E-state index >= 15 is 0 Å². The Balaban J connectivity index is 2.99.